The molecule has 0 N–H and O–H groups in total. The summed E-state index contributed by atoms with van der Waals surface area (Å²) in [7, 11) is 1.43. The Morgan fingerprint density at radius 1 is 1.30 bits per heavy atom. The second-order valence-electron chi connectivity index (χ2n) is 4.09. The van der Waals surface area contributed by atoms with E-state index in [0.717, 1.165) is 0 Å². The number of Topliss-reactive ketones (excluding diaryl/α,β-unsaturated/α-hetero) is 1. The van der Waals surface area contributed by atoms with Gasteiger partial charge in [-0.1, -0.05) is 36.4 Å². The van der Waals surface area contributed by atoms with Crippen molar-refractivity contribution in [2.75, 3.05) is 7.11 Å². The summed E-state index contributed by atoms with van der Waals surface area (Å²) in [6.45, 7) is 4.92. The quantitative estimate of drug-likeness (QED) is 0.433. The number of ketones is 1. The van der Waals surface area contributed by atoms with Crippen molar-refractivity contribution in [2.45, 2.75) is 25.6 Å². The number of esters is 1. The average Bonchev–Trinajstić information content (AvgIpc) is 2.40. The molecular weight excluding hydrogens is 255 g/mol. The first-order valence-corrected chi connectivity index (χ1v) is 5.99. The van der Waals surface area contributed by atoms with E-state index in [-0.39, 0.29) is 14.2 Å². The number of methoxy groups -OCH3 is 1. The number of rotatable bonds is 7. The highest BCUT2D eigenvalue weighted by Crippen LogP contribution is 2.19. The Kier molecular flexibility index (Phi) is 8.24. The number of hydrogen-bond acceptors (Lipinski definition) is 4. The molecular formula is C15H18BO4. The number of carbonyl (C=O) groups excluding carboxylic acids is 2. The predicted molar refractivity (Wildman–Crippen MR) is 77.3 cm³/mol. The van der Waals surface area contributed by atoms with E-state index in [1.807, 2.05) is 6.07 Å². The highest BCUT2D eigenvalue weighted by atomic mass is 16.6. The molecule has 0 aliphatic heterocycles. The first kappa shape index (κ1) is 18.1. The standard InChI is InChI=1S/C15H18O4.B/c1-4-8-13(11(2)16)19-15(17)14(18-3)12-9-6-5-7-10-12;/h4-7,9-10,13-14H,1,8H2,2-3H3;. The van der Waals surface area contributed by atoms with Gasteiger partial charge in [-0.15, -0.1) is 6.58 Å². The molecule has 0 saturated carbocycles. The van der Waals surface area contributed by atoms with Gasteiger partial charge in [0.1, 0.15) is 0 Å². The molecule has 20 heavy (non-hydrogen) atoms. The summed E-state index contributed by atoms with van der Waals surface area (Å²) < 4.78 is 10.3. The minimum atomic E-state index is -0.826. The van der Waals surface area contributed by atoms with Crippen molar-refractivity contribution in [3.63, 3.8) is 0 Å². The fourth-order valence-corrected chi connectivity index (χ4v) is 1.65. The van der Waals surface area contributed by atoms with Crippen LogP contribution >= 0.6 is 0 Å². The summed E-state index contributed by atoms with van der Waals surface area (Å²) in [4.78, 5) is 23.4. The van der Waals surface area contributed by atoms with Crippen molar-refractivity contribution in [1.29, 1.82) is 0 Å². The zero-order chi connectivity index (χ0) is 14.3. The van der Waals surface area contributed by atoms with E-state index in [1.54, 1.807) is 30.3 Å². The summed E-state index contributed by atoms with van der Waals surface area (Å²) in [5.74, 6) is -0.785. The lowest BCUT2D eigenvalue weighted by atomic mass is 10.1. The highest BCUT2D eigenvalue weighted by Gasteiger charge is 2.26. The smallest absolute Gasteiger partial charge is 0.340 e. The van der Waals surface area contributed by atoms with Gasteiger partial charge in [-0.2, -0.15) is 0 Å². The molecule has 0 spiro atoms. The summed E-state index contributed by atoms with van der Waals surface area (Å²) in [5.41, 5.74) is 0.691. The molecule has 105 valence electrons. The first-order valence-electron chi connectivity index (χ1n) is 5.99. The van der Waals surface area contributed by atoms with Gasteiger partial charge < -0.3 is 9.47 Å². The predicted octanol–water partition coefficient (Wildman–Crippen LogP) is 2.07. The number of hydrogen-bond donors (Lipinski definition) is 0. The van der Waals surface area contributed by atoms with E-state index in [2.05, 4.69) is 6.58 Å². The summed E-state index contributed by atoms with van der Waals surface area (Å²) in [6.07, 6.45) is 0.218. The van der Waals surface area contributed by atoms with E-state index in [1.165, 1.54) is 14.0 Å². The number of benzene rings is 1. The Hall–Kier alpha value is -1.88. The fourth-order valence-electron chi connectivity index (χ4n) is 1.65. The maximum absolute atomic E-state index is 12.0. The van der Waals surface area contributed by atoms with Crippen LogP contribution in [0.2, 0.25) is 0 Å². The average molecular weight is 273 g/mol. The normalized spacial score (nSPS) is 12.7. The van der Waals surface area contributed by atoms with Crippen LogP contribution in [0.3, 0.4) is 0 Å². The Bertz CT molecular complexity index is 444. The molecule has 2 unspecified atom stereocenters. The Labute approximate surface area is 121 Å². The van der Waals surface area contributed by atoms with Gasteiger partial charge in [-0.25, -0.2) is 4.79 Å². The van der Waals surface area contributed by atoms with E-state index in [4.69, 9.17) is 9.47 Å². The minimum absolute atomic E-state index is 0. The molecule has 0 bridgehead atoms. The van der Waals surface area contributed by atoms with Gasteiger partial charge in [-0.05, 0) is 12.5 Å². The van der Waals surface area contributed by atoms with Gasteiger partial charge in [0.2, 0.25) is 0 Å². The molecule has 3 radical (unpaired) electrons. The molecule has 0 saturated heterocycles. The van der Waals surface area contributed by atoms with Gasteiger partial charge >= 0.3 is 5.97 Å². The molecule has 0 fully saturated rings. The number of carbonyl (C=O) groups is 2. The summed E-state index contributed by atoms with van der Waals surface area (Å²) >= 11 is 0. The summed E-state index contributed by atoms with van der Waals surface area (Å²) in [6, 6.07) is 9.00. The maximum Gasteiger partial charge on any atom is 0.340 e. The lowest BCUT2D eigenvalue weighted by molar-refractivity contribution is -0.164. The maximum atomic E-state index is 12.0. The highest BCUT2D eigenvalue weighted by molar-refractivity contribution is 5.85. The van der Waals surface area contributed by atoms with Crippen molar-refractivity contribution < 1.29 is 19.1 Å². The van der Waals surface area contributed by atoms with Crippen LogP contribution in [0.1, 0.15) is 25.0 Å². The molecule has 1 rings (SSSR count). The molecule has 1 aromatic rings. The minimum Gasteiger partial charge on any atom is -0.452 e. The molecule has 0 aliphatic carbocycles. The van der Waals surface area contributed by atoms with E-state index in [0.29, 0.717) is 12.0 Å². The molecule has 0 aromatic heterocycles. The molecule has 1 aromatic carbocycles. The summed E-state index contributed by atoms with van der Waals surface area (Å²) in [5, 5.41) is 0. The van der Waals surface area contributed by atoms with Gasteiger partial charge in [0, 0.05) is 21.9 Å². The van der Waals surface area contributed by atoms with Crippen LogP contribution in [0.15, 0.2) is 43.0 Å². The first-order chi connectivity index (χ1) is 9.10. The van der Waals surface area contributed by atoms with Crippen molar-refractivity contribution >= 4 is 20.2 Å². The van der Waals surface area contributed by atoms with Crippen molar-refractivity contribution in [2.24, 2.45) is 0 Å². The van der Waals surface area contributed by atoms with Crippen LogP contribution in [0.4, 0.5) is 0 Å². The topological polar surface area (TPSA) is 52.6 Å². The molecule has 4 nitrogen and oxygen atoms in total. The van der Waals surface area contributed by atoms with E-state index in [9.17, 15) is 9.59 Å². The molecule has 0 aliphatic rings. The van der Waals surface area contributed by atoms with E-state index < -0.39 is 18.2 Å². The Balaban J connectivity index is 0.00000361. The molecule has 5 heteroatoms. The second kappa shape index (κ2) is 9.10. The van der Waals surface area contributed by atoms with Crippen LogP contribution < -0.4 is 0 Å². The Morgan fingerprint density at radius 3 is 2.35 bits per heavy atom. The van der Waals surface area contributed by atoms with Crippen molar-refractivity contribution in [3.8, 4) is 0 Å². The third-order valence-electron chi connectivity index (χ3n) is 2.64. The van der Waals surface area contributed by atoms with Gasteiger partial charge in [0.25, 0.3) is 0 Å². The Morgan fingerprint density at radius 2 is 1.90 bits per heavy atom. The van der Waals surface area contributed by atoms with Crippen molar-refractivity contribution in [3.05, 3.63) is 48.6 Å². The second-order valence-corrected chi connectivity index (χ2v) is 4.09. The fraction of sp³-hybridized carbons (Fsp3) is 0.333. The third kappa shape index (κ3) is 5.01. The van der Waals surface area contributed by atoms with Crippen LogP contribution in [-0.4, -0.2) is 33.4 Å². The van der Waals surface area contributed by atoms with Gasteiger partial charge in [-0.3, -0.25) is 4.79 Å². The molecule has 0 amide bonds. The van der Waals surface area contributed by atoms with Crippen LogP contribution in [-0.2, 0) is 19.1 Å². The van der Waals surface area contributed by atoms with Crippen LogP contribution in [0.25, 0.3) is 0 Å². The molecule has 0 heterocycles. The SMILES string of the molecule is C=CCC(OC(=O)C(OC)c1ccccc1)C(C)=O.[B]. The zero-order valence-corrected chi connectivity index (χ0v) is 11.7. The zero-order valence-electron chi connectivity index (χ0n) is 11.7. The van der Waals surface area contributed by atoms with Crippen molar-refractivity contribution in [1.82, 2.24) is 0 Å². The van der Waals surface area contributed by atoms with E-state index >= 15 is 0 Å². The van der Waals surface area contributed by atoms with Crippen LogP contribution in [0.5, 0.6) is 0 Å². The monoisotopic (exact) mass is 273 g/mol. The molecule has 2 atom stereocenters. The largest absolute Gasteiger partial charge is 0.452 e. The number of ether oxygens (including phenoxy) is 2. The lowest BCUT2D eigenvalue weighted by Crippen LogP contribution is -2.28. The van der Waals surface area contributed by atoms with Gasteiger partial charge in [0.05, 0.1) is 0 Å². The lowest BCUT2D eigenvalue weighted by Gasteiger charge is -2.18. The third-order valence-corrected chi connectivity index (χ3v) is 2.64. The van der Waals surface area contributed by atoms with Crippen LogP contribution in [0, 0.1) is 0 Å². The van der Waals surface area contributed by atoms with Gasteiger partial charge in [0.15, 0.2) is 18.0 Å².